The van der Waals surface area contributed by atoms with Crippen LogP contribution in [-0.2, 0) is 0 Å². The van der Waals surface area contributed by atoms with E-state index < -0.39 is 0 Å². The van der Waals surface area contributed by atoms with Gasteiger partial charge in [-0.15, -0.1) is 0 Å². The van der Waals surface area contributed by atoms with Gasteiger partial charge in [0.1, 0.15) is 51.7 Å². The lowest BCUT2D eigenvalue weighted by molar-refractivity contribution is 0.666. The highest BCUT2D eigenvalue weighted by atomic mass is 16.3. The smallest absolute Gasteiger partial charge is 0.180 e. The van der Waals surface area contributed by atoms with E-state index in [4.69, 9.17) is 13.3 Å². The molecule has 0 fully saturated rings. The van der Waals surface area contributed by atoms with E-state index in [1.165, 1.54) is 0 Å². The summed E-state index contributed by atoms with van der Waals surface area (Å²) in [6.45, 7) is 0. The number of fused-ring (bicyclic) bond motifs is 9. The van der Waals surface area contributed by atoms with Gasteiger partial charge in [-0.3, -0.25) is 0 Å². The van der Waals surface area contributed by atoms with Crippen molar-refractivity contribution in [2.24, 2.45) is 0 Å². The van der Waals surface area contributed by atoms with Crippen molar-refractivity contribution >= 4 is 66.1 Å². The molecular formula is C32H16N4O3. The number of hydrogen-bond acceptors (Lipinski definition) is 7. The Morgan fingerprint density at radius 1 is 0.487 bits per heavy atom. The molecule has 4 aromatic carbocycles. The van der Waals surface area contributed by atoms with Crippen LogP contribution in [0.3, 0.4) is 0 Å². The van der Waals surface area contributed by atoms with Gasteiger partial charge < -0.3 is 13.3 Å². The summed E-state index contributed by atoms with van der Waals surface area (Å²) in [5.41, 5.74) is 9.83. The molecule has 0 aliphatic carbocycles. The Bertz CT molecular complexity index is 2250. The standard InChI is InChI=1S/C32H16N4O3/c1-2-7-24-20(4-1)30-32(38-24)28(35-16-36-30)18-9-11-26-23(13-18)22-12-17(8-10-25(22)37-26)19-5-3-6-21-29-27(39-31(19)21)14-33-15-34-29/h1-16H. The van der Waals surface area contributed by atoms with E-state index in [9.17, 15) is 0 Å². The molecule has 0 radical (unpaired) electrons. The highest BCUT2D eigenvalue weighted by Gasteiger charge is 2.18. The number of benzene rings is 4. The lowest BCUT2D eigenvalue weighted by Gasteiger charge is -2.04. The van der Waals surface area contributed by atoms with Gasteiger partial charge in [0.05, 0.1) is 6.20 Å². The zero-order valence-electron chi connectivity index (χ0n) is 20.3. The molecule has 7 heteroatoms. The van der Waals surface area contributed by atoms with Crippen LogP contribution in [0.4, 0.5) is 0 Å². The zero-order chi connectivity index (χ0) is 25.5. The highest BCUT2D eigenvalue weighted by molar-refractivity contribution is 6.12. The molecule has 0 unspecified atom stereocenters. The maximum atomic E-state index is 6.21. The first-order valence-electron chi connectivity index (χ1n) is 12.5. The van der Waals surface area contributed by atoms with Crippen molar-refractivity contribution in [2.45, 2.75) is 0 Å². The van der Waals surface area contributed by atoms with Crippen LogP contribution in [0, 0.1) is 0 Å². The SMILES string of the molecule is c1ccc2c(c1)oc1c(-c3ccc4oc5ccc(-c6cccc7c6oc6cncnc67)cc5c4c3)ncnc12. The zero-order valence-corrected chi connectivity index (χ0v) is 20.3. The second-order valence-corrected chi connectivity index (χ2v) is 9.54. The summed E-state index contributed by atoms with van der Waals surface area (Å²) in [6, 6.07) is 26.3. The third-order valence-corrected chi connectivity index (χ3v) is 7.37. The minimum Gasteiger partial charge on any atom is -0.456 e. The van der Waals surface area contributed by atoms with Gasteiger partial charge in [-0.2, -0.15) is 0 Å². The topological polar surface area (TPSA) is 91.0 Å². The van der Waals surface area contributed by atoms with Crippen LogP contribution in [0.25, 0.3) is 88.5 Å². The van der Waals surface area contributed by atoms with E-state index in [0.717, 1.165) is 77.3 Å². The van der Waals surface area contributed by atoms with Gasteiger partial charge in [-0.1, -0.05) is 30.3 Å². The monoisotopic (exact) mass is 504 g/mol. The van der Waals surface area contributed by atoms with Gasteiger partial charge in [0, 0.05) is 32.7 Å². The first-order chi connectivity index (χ1) is 19.3. The summed E-state index contributed by atoms with van der Waals surface area (Å²) in [5.74, 6) is 0. The third kappa shape index (κ3) is 2.86. The number of hydrogen-bond donors (Lipinski definition) is 0. The minimum atomic E-state index is 0.668. The molecule has 0 saturated heterocycles. The molecule has 5 heterocycles. The third-order valence-electron chi connectivity index (χ3n) is 7.37. The molecule has 0 atom stereocenters. The number of aromatic nitrogens is 4. The highest BCUT2D eigenvalue weighted by Crippen LogP contribution is 2.39. The van der Waals surface area contributed by atoms with Crippen LogP contribution >= 0.6 is 0 Å². The van der Waals surface area contributed by atoms with Crippen molar-refractivity contribution < 1.29 is 13.3 Å². The Balaban J connectivity index is 1.26. The summed E-state index contributed by atoms with van der Waals surface area (Å²) in [7, 11) is 0. The van der Waals surface area contributed by atoms with Gasteiger partial charge in [0.15, 0.2) is 11.2 Å². The van der Waals surface area contributed by atoms with Gasteiger partial charge in [0.25, 0.3) is 0 Å². The fourth-order valence-corrected chi connectivity index (χ4v) is 5.59. The van der Waals surface area contributed by atoms with E-state index in [0.29, 0.717) is 11.2 Å². The van der Waals surface area contributed by atoms with Crippen LogP contribution in [0.2, 0.25) is 0 Å². The first-order valence-corrected chi connectivity index (χ1v) is 12.5. The molecule has 9 aromatic rings. The van der Waals surface area contributed by atoms with Crippen molar-refractivity contribution in [3.05, 3.63) is 97.7 Å². The van der Waals surface area contributed by atoms with Gasteiger partial charge in [-0.05, 0) is 54.1 Å². The molecule has 0 amide bonds. The number of furan rings is 3. The summed E-state index contributed by atoms with van der Waals surface area (Å²) < 4.78 is 18.6. The fourth-order valence-electron chi connectivity index (χ4n) is 5.59. The number of para-hydroxylation sites is 2. The van der Waals surface area contributed by atoms with Crippen molar-refractivity contribution in [1.82, 2.24) is 19.9 Å². The van der Waals surface area contributed by atoms with E-state index in [2.05, 4.69) is 44.2 Å². The van der Waals surface area contributed by atoms with Crippen LogP contribution < -0.4 is 0 Å². The fraction of sp³-hybridized carbons (Fsp3) is 0. The number of rotatable bonds is 2. The van der Waals surface area contributed by atoms with Gasteiger partial charge in [0.2, 0.25) is 0 Å². The van der Waals surface area contributed by atoms with Crippen molar-refractivity contribution in [3.63, 3.8) is 0 Å². The Hall–Kier alpha value is -5.56. The Labute approximate surface area is 219 Å². The molecule has 182 valence electrons. The van der Waals surface area contributed by atoms with Crippen LogP contribution in [-0.4, -0.2) is 19.9 Å². The van der Waals surface area contributed by atoms with Crippen LogP contribution in [0.5, 0.6) is 0 Å². The van der Waals surface area contributed by atoms with Crippen molar-refractivity contribution in [1.29, 1.82) is 0 Å². The van der Waals surface area contributed by atoms with E-state index in [1.807, 2.05) is 54.6 Å². The molecule has 0 aliphatic rings. The van der Waals surface area contributed by atoms with Crippen LogP contribution in [0.1, 0.15) is 0 Å². The molecule has 0 saturated carbocycles. The molecular weight excluding hydrogens is 488 g/mol. The molecule has 0 N–H and O–H groups in total. The number of nitrogens with zero attached hydrogens (tertiary/aromatic N) is 4. The Morgan fingerprint density at radius 3 is 2.15 bits per heavy atom. The molecule has 9 rings (SSSR count). The quantitative estimate of drug-likeness (QED) is 0.234. The Morgan fingerprint density at radius 2 is 1.23 bits per heavy atom. The average molecular weight is 505 g/mol. The van der Waals surface area contributed by atoms with Crippen molar-refractivity contribution in [2.75, 3.05) is 0 Å². The van der Waals surface area contributed by atoms with Gasteiger partial charge >= 0.3 is 0 Å². The predicted octanol–water partition coefficient (Wildman–Crippen LogP) is 8.30. The summed E-state index contributed by atoms with van der Waals surface area (Å²) in [6.07, 6.45) is 4.84. The second-order valence-electron chi connectivity index (χ2n) is 9.54. The first kappa shape index (κ1) is 20.5. The maximum absolute atomic E-state index is 6.21. The minimum absolute atomic E-state index is 0.668. The maximum Gasteiger partial charge on any atom is 0.180 e. The lowest BCUT2D eigenvalue weighted by Crippen LogP contribution is -1.86. The van der Waals surface area contributed by atoms with Crippen molar-refractivity contribution in [3.8, 4) is 22.4 Å². The summed E-state index contributed by atoms with van der Waals surface area (Å²) in [5, 5.41) is 3.94. The van der Waals surface area contributed by atoms with E-state index in [1.54, 1.807) is 18.9 Å². The molecule has 7 nitrogen and oxygen atoms in total. The summed E-state index contributed by atoms with van der Waals surface area (Å²) >= 11 is 0. The van der Waals surface area contributed by atoms with E-state index in [-0.39, 0.29) is 0 Å². The molecule has 5 aromatic heterocycles. The van der Waals surface area contributed by atoms with Gasteiger partial charge in [-0.25, -0.2) is 19.9 Å². The normalized spacial score (nSPS) is 12.1. The average Bonchev–Trinajstić information content (AvgIpc) is 3.67. The molecule has 0 bridgehead atoms. The second kappa shape index (κ2) is 7.49. The van der Waals surface area contributed by atoms with Crippen LogP contribution in [0.15, 0.2) is 111 Å². The predicted molar refractivity (Wildman–Crippen MR) is 150 cm³/mol. The Kier molecular flexibility index (Phi) is 3.93. The van der Waals surface area contributed by atoms with E-state index >= 15 is 0 Å². The largest absolute Gasteiger partial charge is 0.456 e. The molecule has 0 aliphatic heterocycles. The summed E-state index contributed by atoms with van der Waals surface area (Å²) in [4.78, 5) is 17.6. The molecule has 39 heavy (non-hydrogen) atoms. The molecule has 0 spiro atoms. The lowest BCUT2D eigenvalue weighted by atomic mass is 10.00.